The molecule has 1 fully saturated rings. The van der Waals surface area contributed by atoms with E-state index in [0.717, 1.165) is 49.6 Å². The molecule has 128 valence electrons. The lowest BCUT2D eigenvalue weighted by Gasteiger charge is -2.33. The van der Waals surface area contributed by atoms with Crippen LogP contribution in [0.3, 0.4) is 0 Å². The van der Waals surface area contributed by atoms with Crippen molar-refractivity contribution in [3.05, 3.63) is 52.4 Å². The lowest BCUT2D eigenvalue weighted by molar-refractivity contribution is 0.0864. The second-order valence-electron chi connectivity index (χ2n) is 6.21. The Balaban J connectivity index is 1.55. The molecule has 0 aliphatic carbocycles. The van der Waals surface area contributed by atoms with Gasteiger partial charge in [0, 0.05) is 30.2 Å². The largest absolute Gasteiger partial charge is 0.351 e. The number of aryl methyl sites for hydroxylation is 1. The Morgan fingerprint density at radius 1 is 1.42 bits per heavy atom. The number of nitrogens with zero attached hydrogens (tertiary/aromatic N) is 2. The van der Waals surface area contributed by atoms with Crippen molar-refractivity contribution < 1.29 is 9.32 Å². The van der Waals surface area contributed by atoms with Crippen LogP contribution < -0.4 is 5.32 Å². The molecule has 1 aromatic carbocycles. The zero-order valence-corrected chi connectivity index (χ0v) is 14.6. The fraction of sp³-hybridized carbons (Fsp3) is 0.444. The molecule has 0 unspecified atom stereocenters. The number of amides is 1. The second kappa shape index (κ2) is 7.81. The molecule has 0 radical (unpaired) electrons. The highest BCUT2D eigenvalue weighted by molar-refractivity contribution is 6.30. The number of carbonyl (C=O) groups is 1. The first kappa shape index (κ1) is 17.0. The van der Waals surface area contributed by atoms with E-state index in [1.54, 1.807) is 6.07 Å². The van der Waals surface area contributed by atoms with Crippen molar-refractivity contribution in [1.82, 2.24) is 15.4 Å². The Hall–Kier alpha value is -1.85. The Labute approximate surface area is 147 Å². The molecule has 1 N–H and O–H groups in total. The maximum atomic E-state index is 12.3. The van der Waals surface area contributed by atoms with Gasteiger partial charge in [-0.15, -0.1) is 0 Å². The fourth-order valence-corrected chi connectivity index (χ4v) is 3.13. The Kier molecular flexibility index (Phi) is 5.53. The zero-order chi connectivity index (χ0) is 16.9. The van der Waals surface area contributed by atoms with E-state index in [2.05, 4.69) is 15.4 Å². The molecule has 2 aromatic rings. The summed E-state index contributed by atoms with van der Waals surface area (Å²) in [5.41, 5.74) is 2.03. The van der Waals surface area contributed by atoms with Crippen LogP contribution >= 0.6 is 11.6 Å². The predicted molar refractivity (Wildman–Crippen MR) is 93.1 cm³/mol. The molecule has 1 aromatic heterocycles. The molecule has 2 heterocycles. The van der Waals surface area contributed by atoms with Crippen LogP contribution in [-0.4, -0.2) is 35.1 Å². The van der Waals surface area contributed by atoms with Gasteiger partial charge < -0.3 is 9.84 Å². The molecule has 1 aliphatic rings. The summed E-state index contributed by atoms with van der Waals surface area (Å²) in [5.74, 6) is 0.113. The fourth-order valence-electron chi connectivity index (χ4n) is 3.01. The van der Waals surface area contributed by atoms with Gasteiger partial charge in [0.25, 0.3) is 5.91 Å². The van der Waals surface area contributed by atoms with Gasteiger partial charge in [0.15, 0.2) is 0 Å². The first-order valence-electron chi connectivity index (χ1n) is 8.37. The molecule has 1 aliphatic heterocycles. The van der Waals surface area contributed by atoms with Crippen molar-refractivity contribution in [2.75, 3.05) is 13.1 Å². The summed E-state index contributed by atoms with van der Waals surface area (Å²) in [5, 5.41) is 7.68. The molecule has 1 amide bonds. The quantitative estimate of drug-likeness (QED) is 0.901. The van der Waals surface area contributed by atoms with Gasteiger partial charge in [0.1, 0.15) is 0 Å². The van der Waals surface area contributed by atoms with E-state index in [1.807, 2.05) is 31.2 Å². The number of likely N-dealkylation sites (tertiary alicyclic amines) is 1. The van der Waals surface area contributed by atoms with Crippen LogP contribution in [0.25, 0.3) is 0 Å². The van der Waals surface area contributed by atoms with E-state index in [9.17, 15) is 4.79 Å². The number of aromatic nitrogens is 1. The van der Waals surface area contributed by atoms with Gasteiger partial charge in [0.05, 0.1) is 5.69 Å². The molecular weight excluding hydrogens is 326 g/mol. The zero-order valence-electron chi connectivity index (χ0n) is 13.8. The van der Waals surface area contributed by atoms with Crippen LogP contribution in [-0.2, 0) is 13.0 Å². The first-order chi connectivity index (χ1) is 11.6. The average molecular weight is 348 g/mol. The highest BCUT2D eigenvalue weighted by Gasteiger charge is 2.23. The van der Waals surface area contributed by atoms with Gasteiger partial charge in [0.2, 0.25) is 5.76 Å². The van der Waals surface area contributed by atoms with Crippen LogP contribution in [0, 0.1) is 0 Å². The number of nitrogens with one attached hydrogen (secondary N) is 1. The van der Waals surface area contributed by atoms with E-state index >= 15 is 0 Å². The van der Waals surface area contributed by atoms with Crippen molar-refractivity contribution in [2.24, 2.45) is 0 Å². The van der Waals surface area contributed by atoms with Gasteiger partial charge in [-0.05, 0) is 43.5 Å². The third-order valence-corrected chi connectivity index (χ3v) is 4.56. The van der Waals surface area contributed by atoms with Crippen LogP contribution in [0.5, 0.6) is 0 Å². The summed E-state index contributed by atoms with van der Waals surface area (Å²) in [6.07, 6.45) is 2.81. The lowest BCUT2D eigenvalue weighted by Crippen LogP contribution is -2.47. The maximum absolute atomic E-state index is 12.3. The third kappa shape index (κ3) is 4.36. The molecule has 3 rings (SSSR count). The summed E-state index contributed by atoms with van der Waals surface area (Å²) in [7, 11) is 0. The highest BCUT2D eigenvalue weighted by Crippen LogP contribution is 2.16. The molecule has 1 saturated heterocycles. The van der Waals surface area contributed by atoms with Crippen LogP contribution in [0.2, 0.25) is 5.02 Å². The minimum atomic E-state index is -0.180. The van der Waals surface area contributed by atoms with Crippen molar-refractivity contribution in [2.45, 2.75) is 38.8 Å². The molecule has 5 nitrogen and oxygen atoms in total. The normalized spacial score (nSPS) is 18.5. The Bertz CT molecular complexity index is 684. The number of carbonyl (C=O) groups excluding carboxylic acids is 1. The van der Waals surface area contributed by atoms with Crippen LogP contribution in [0.4, 0.5) is 0 Å². The lowest BCUT2D eigenvalue weighted by atomic mass is 10.0. The second-order valence-corrected chi connectivity index (χ2v) is 6.65. The molecule has 24 heavy (non-hydrogen) atoms. The maximum Gasteiger partial charge on any atom is 0.290 e. The molecule has 1 atom stereocenters. The minimum absolute atomic E-state index is 0.133. The number of benzene rings is 1. The number of halogens is 1. The monoisotopic (exact) mass is 347 g/mol. The average Bonchev–Trinajstić information content (AvgIpc) is 3.07. The van der Waals surface area contributed by atoms with Crippen molar-refractivity contribution in [1.29, 1.82) is 0 Å². The highest BCUT2D eigenvalue weighted by atomic mass is 35.5. The minimum Gasteiger partial charge on any atom is -0.351 e. The van der Waals surface area contributed by atoms with Crippen molar-refractivity contribution >= 4 is 17.5 Å². The predicted octanol–water partition coefficient (Wildman–Crippen LogP) is 3.28. The van der Waals surface area contributed by atoms with Gasteiger partial charge in [-0.2, -0.15) is 0 Å². The topological polar surface area (TPSA) is 58.4 Å². The summed E-state index contributed by atoms with van der Waals surface area (Å²) in [6.45, 7) is 4.72. The van der Waals surface area contributed by atoms with Gasteiger partial charge in [-0.1, -0.05) is 35.8 Å². The Morgan fingerprint density at radius 2 is 2.21 bits per heavy atom. The standard InChI is InChI=1S/C18H22ClN3O2/c1-2-15-10-17(24-21-15)18(23)20-16-4-3-9-22(12-16)11-13-5-7-14(19)8-6-13/h5-8,10,16H,2-4,9,11-12H2,1H3,(H,20,23)/t16-/m0/s1. The van der Waals surface area contributed by atoms with E-state index in [4.69, 9.17) is 16.1 Å². The van der Waals surface area contributed by atoms with E-state index < -0.39 is 0 Å². The van der Waals surface area contributed by atoms with E-state index in [-0.39, 0.29) is 11.9 Å². The third-order valence-electron chi connectivity index (χ3n) is 4.31. The number of hydrogen-bond donors (Lipinski definition) is 1. The summed E-state index contributed by atoms with van der Waals surface area (Å²) in [4.78, 5) is 14.6. The van der Waals surface area contributed by atoms with Crippen molar-refractivity contribution in [3.63, 3.8) is 0 Å². The molecule has 6 heteroatoms. The number of rotatable bonds is 5. The summed E-state index contributed by atoms with van der Waals surface area (Å²) < 4.78 is 5.10. The van der Waals surface area contributed by atoms with E-state index in [0.29, 0.717) is 5.76 Å². The molecular formula is C18H22ClN3O2. The first-order valence-corrected chi connectivity index (χ1v) is 8.75. The summed E-state index contributed by atoms with van der Waals surface area (Å²) >= 11 is 5.93. The van der Waals surface area contributed by atoms with Crippen LogP contribution in [0.15, 0.2) is 34.9 Å². The van der Waals surface area contributed by atoms with Crippen molar-refractivity contribution in [3.8, 4) is 0 Å². The van der Waals surface area contributed by atoms with E-state index in [1.165, 1.54) is 5.56 Å². The van der Waals surface area contributed by atoms with Gasteiger partial charge >= 0.3 is 0 Å². The molecule has 0 bridgehead atoms. The van der Waals surface area contributed by atoms with Gasteiger partial charge in [-0.3, -0.25) is 9.69 Å². The SMILES string of the molecule is CCc1cc(C(=O)N[C@H]2CCCN(Cc3ccc(Cl)cc3)C2)on1. The summed E-state index contributed by atoms with van der Waals surface area (Å²) in [6, 6.07) is 9.76. The molecule has 0 spiro atoms. The van der Waals surface area contributed by atoms with Gasteiger partial charge in [-0.25, -0.2) is 0 Å². The smallest absolute Gasteiger partial charge is 0.290 e. The number of piperidine rings is 1. The molecule has 0 saturated carbocycles. The Morgan fingerprint density at radius 3 is 2.92 bits per heavy atom. The van der Waals surface area contributed by atoms with Crippen LogP contribution in [0.1, 0.15) is 41.6 Å². The number of hydrogen-bond acceptors (Lipinski definition) is 4.